The van der Waals surface area contributed by atoms with Gasteiger partial charge in [-0.3, -0.25) is 4.79 Å². The lowest BCUT2D eigenvalue weighted by Crippen LogP contribution is -2.50. The number of benzene rings is 1. The fraction of sp³-hybridized carbons (Fsp3) is 0.300. The van der Waals surface area contributed by atoms with Crippen molar-refractivity contribution in [1.29, 1.82) is 0 Å². The molecule has 1 aromatic carbocycles. The average Bonchev–Trinajstić information content (AvgIpc) is 2.28. The minimum atomic E-state index is -3.92. The van der Waals surface area contributed by atoms with E-state index in [0.29, 0.717) is 0 Å². The van der Waals surface area contributed by atoms with Gasteiger partial charge in [0.25, 0.3) is 0 Å². The van der Waals surface area contributed by atoms with Crippen molar-refractivity contribution >= 4 is 5.97 Å². The van der Waals surface area contributed by atoms with Crippen molar-refractivity contribution in [2.75, 3.05) is 0 Å². The maximum atomic E-state index is 13.4. The van der Waals surface area contributed by atoms with Gasteiger partial charge in [0.05, 0.1) is 0 Å². The first-order valence-electron chi connectivity index (χ1n) is 4.46. The summed E-state index contributed by atoms with van der Waals surface area (Å²) in [6, 6.07) is 4.61. The van der Waals surface area contributed by atoms with Gasteiger partial charge in [-0.15, -0.1) is 0 Å². The number of halogens is 2. The molecule has 0 aliphatic carbocycles. The van der Waals surface area contributed by atoms with Crippen LogP contribution >= 0.6 is 0 Å². The van der Waals surface area contributed by atoms with Crippen molar-refractivity contribution in [3.63, 3.8) is 0 Å². The van der Waals surface area contributed by atoms with E-state index in [0.717, 1.165) is 0 Å². The van der Waals surface area contributed by atoms with E-state index in [4.69, 9.17) is 10.8 Å². The van der Waals surface area contributed by atoms with Crippen LogP contribution in [0.15, 0.2) is 30.3 Å². The number of aliphatic carboxylic acids is 1. The molecular formula is C10H11F2NO3. The number of carbonyl (C=O) groups is 1. The van der Waals surface area contributed by atoms with Crippen LogP contribution in [0.2, 0.25) is 0 Å². The SMILES string of the molecule is NC(C(=O)O)C(F)(F)C(O)c1ccccc1. The van der Waals surface area contributed by atoms with E-state index in [-0.39, 0.29) is 5.56 Å². The van der Waals surface area contributed by atoms with Crippen molar-refractivity contribution in [3.05, 3.63) is 35.9 Å². The molecule has 0 aliphatic heterocycles. The molecule has 0 radical (unpaired) electrons. The largest absolute Gasteiger partial charge is 0.480 e. The Hall–Kier alpha value is -1.53. The number of hydrogen-bond acceptors (Lipinski definition) is 3. The molecule has 0 fully saturated rings. The normalized spacial score (nSPS) is 15.5. The monoisotopic (exact) mass is 231 g/mol. The first-order chi connectivity index (χ1) is 7.37. The third kappa shape index (κ3) is 2.34. The number of carboxylic acid groups (broad SMARTS) is 1. The first kappa shape index (κ1) is 12.5. The van der Waals surface area contributed by atoms with Gasteiger partial charge in [-0.2, -0.15) is 0 Å². The summed E-state index contributed by atoms with van der Waals surface area (Å²) in [7, 11) is 0. The molecule has 16 heavy (non-hydrogen) atoms. The summed E-state index contributed by atoms with van der Waals surface area (Å²) in [4.78, 5) is 10.4. The number of aliphatic hydroxyl groups excluding tert-OH is 1. The van der Waals surface area contributed by atoms with E-state index in [2.05, 4.69) is 0 Å². The van der Waals surface area contributed by atoms with Crippen LogP contribution in [0.3, 0.4) is 0 Å². The number of rotatable bonds is 4. The summed E-state index contributed by atoms with van der Waals surface area (Å²) in [5.41, 5.74) is 4.74. The van der Waals surface area contributed by atoms with E-state index in [9.17, 15) is 18.7 Å². The Morgan fingerprint density at radius 1 is 1.31 bits per heavy atom. The zero-order chi connectivity index (χ0) is 12.3. The molecule has 0 saturated carbocycles. The summed E-state index contributed by atoms with van der Waals surface area (Å²) in [6.45, 7) is 0. The van der Waals surface area contributed by atoms with E-state index in [1.54, 1.807) is 6.07 Å². The maximum Gasteiger partial charge on any atom is 0.326 e. The van der Waals surface area contributed by atoms with Crippen molar-refractivity contribution in [2.45, 2.75) is 18.1 Å². The number of aliphatic hydroxyl groups is 1. The van der Waals surface area contributed by atoms with Crippen molar-refractivity contribution < 1.29 is 23.8 Å². The standard InChI is InChI=1S/C10H11F2NO3/c11-10(12,7(13)9(15)16)8(14)6-4-2-1-3-5-6/h1-5,7-8,14H,13H2,(H,15,16). The minimum Gasteiger partial charge on any atom is -0.480 e. The Labute approximate surface area is 90.3 Å². The Morgan fingerprint density at radius 2 is 1.81 bits per heavy atom. The van der Waals surface area contributed by atoms with Crippen LogP contribution in [0.25, 0.3) is 0 Å². The van der Waals surface area contributed by atoms with Gasteiger partial charge in [-0.05, 0) is 5.56 Å². The summed E-state index contributed by atoms with van der Waals surface area (Å²) in [5.74, 6) is -5.78. The minimum absolute atomic E-state index is 0.0794. The molecule has 6 heteroatoms. The van der Waals surface area contributed by atoms with Crippen molar-refractivity contribution in [3.8, 4) is 0 Å². The van der Waals surface area contributed by atoms with E-state index in [1.807, 2.05) is 0 Å². The van der Waals surface area contributed by atoms with Gasteiger partial charge in [0.1, 0.15) is 6.10 Å². The van der Waals surface area contributed by atoms with Crippen molar-refractivity contribution in [2.24, 2.45) is 5.73 Å². The maximum absolute atomic E-state index is 13.4. The number of alkyl halides is 2. The Balaban J connectivity index is 2.96. The first-order valence-corrected chi connectivity index (χ1v) is 4.46. The van der Waals surface area contributed by atoms with Gasteiger partial charge in [-0.1, -0.05) is 30.3 Å². The molecular weight excluding hydrogens is 220 g/mol. The van der Waals surface area contributed by atoms with Gasteiger partial charge >= 0.3 is 11.9 Å². The zero-order valence-electron chi connectivity index (χ0n) is 8.18. The van der Waals surface area contributed by atoms with Crippen LogP contribution in [0.5, 0.6) is 0 Å². The second-order valence-electron chi connectivity index (χ2n) is 3.30. The molecule has 4 N–H and O–H groups in total. The van der Waals surface area contributed by atoms with E-state index in [1.165, 1.54) is 24.3 Å². The van der Waals surface area contributed by atoms with E-state index >= 15 is 0 Å². The van der Waals surface area contributed by atoms with Gasteiger partial charge in [0.2, 0.25) is 0 Å². The summed E-state index contributed by atoms with van der Waals surface area (Å²) >= 11 is 0. The van der Waals surface area contributed by atoms with E-state index < -0.39 is 24.0 Å². The molecule has 0 aliphatic rings. The highest BCUT2D eigenvalue weighted by molar-refractivity contribution is 5.74. The van der Waals surface area contributed by atoms with Crippen LogP contribution in [0, 0.1) is 0 Å². The smallest absolute Gasteiger partial charge is 0.326 e. The van der Waals surface area contributed by atoms with Gasteiger partial charge in [-0.25, -0.2) is 8.78 Å². The fourth-order valence-corrected chi connectivity index (χ4v) is 1.19. The molecule has 1 aromatic rings. The Morgan fingerprint density at radius 3 is 2.25 bits per heavy atom. The lowest BCUT2D eigenvalue weighted by atomic mass is 9.98. The van der Waals surface area contributed by atoms with Crippen molar-refractivity contribution in [1.82, 2.24) is 0 Å². The average molecular weight is 231 g/mol. The highest BCUT2D eigenvalue weighted by atomic mass is 19.3. The quantitative estimate of drug-likeness (QED) is 0.714. The Kier molecular flexibility index (Phi) is 3.56. The molecule has 1 rings (SSSR count). The molecule has 0 spiro atoms. The summed E-state index contributed by atoms with van der Waals surface area (Å²) in [6.07, 6.45) is -2.24. The molecule has 2 unspecified atom stereocenters. The topological polar surface area (TPSA) is 83.6 Å². The molecule has 0 aromatic heterocycles. The predicted molar refractivity (Wildman–Crippen MR) is 52.0 cm³/mol. The summed E-state index contributed by atoms with van der Waals surface area (Å²) in [5, 5.41) is 17.8. The molecule has 0 saturated heterocycles. The number of hydrogen-bond donors (Lipinski definition) is 3. The zero-order valence-corrected chi connectivity index (χ0v) is 8.18. The highest BCUT2D eigenvalue weighted by Crippen LogP contribution is 2.33. The molecule has 4 nitrogen and oxygen atoms in total. The predicted octanol–water partition coefficient (Wildman–Crippen LogP) is 0.767. The fourth-order valence-electron chi connectivity index (χ4n) is 1.19. The van der Waals surface area contributed by atoms with Gasteiger partial charge < -0.3 is 15.9 Å². The third-order valence-electron chi connectivity index (χ3n) is 2.16. The lowest BCUT2D eigenvalue weighted by Gasteiger charge is -2.25. The summed E-state index contributed by atoms with van der Waals surface area (Å²) < 4.78 is 26.8. The molecule has 88 valence electrons. The molecule has 0 amide bonds. The van der Waals surface area contributed by atoms with Gasteiger partial charge in [0.15, 0.2) is 6.04 Å². The van der Waals surface area contributed by atoms with Crippen LogP contribution < -0.4 is 5.73 Å². The van der Waals surface area contributed by atoms with Crippen LogP contribution in [0.1, 0.15) is 11.7 Å². The van der Waals surface area contributed by atoms with Crippen LogP contribution in [-0.4, -0.2) is 28.1 Å². The number of nitrogens with two attached hydrogens (primary N) is 1. The molecule has 2 atom stereocenters. The Bertz CT molecular complexity index is 370. The molecule has 0 heterocycles. The highest BCUT2D eigenvalue weighted by Gasteiger charge is 2.49. The van der Waals surface area contributed by atoms with Gasteiger partial charge in [0, 0.05) is 0 Å². The number of carboxylic acids is 1. The lowest BCUT2D eigenvalue weighted by molar-refractivity contribution is -0.164. The van der Waals surface area contributed by atoms with Crippen LogP contribution in [0.4, 0.5) is 8.78 Å². The third-order valence-corrected chi connectivity index (χ3v) is 2.16. The molecule has 0 bridgehead atoms. The van der Waals surface area contributed by atoms with Crippen LogP contribution in [-0.2, 0) is 4.79 Å². The second-order valence-corrected chi connectivity index (χ2v) is 3.30. The second kappa shape index (κ2) is 4.54.